The van der Waals surface area contributed by atoms with Crippen LogP contribution in [0.1, 0.15) is 35.7 Å². The summed E-state index contributed by atoms with van der Waals surface area (Å²) in [6.45, 7) is 4.29. The summed E-state index contributed by atoms with van der Waals surface area (Å²) in [5.41, 5.74) is 3.94. The molecule has 2 aromatic carbocycles. The zero-order valence-electron chi connectivity index (χ0n) is 17.8. The van der Waals surface area contributed by atoms with E-state index in [1.165, 1.54) is 19.1 Å². The number of nitrogens with zero attached hydrogens (tertiary/aromatic N) is 1. The number of hydrazine groups is 1. The highest BCUT2D eigenvalue weighted by Crippen LogP contribution is 2.28. The lowest BCUT2D eigenvalue weighted by molar-refractivity contribution is -0.130. The van der Waals surface area contributed by atoms with Crippen molar-refractivity contribution in [1.29, 1.82) is 0 Å². The average molecular weight is 482 g/mol. The molecule has 0 aliphatic carbocycles. The third-order valence-electron chi connectivity index (χ3n) is 5.36. The van der Waals surface area contributed by atoms with Gasteiger partial charge in [-0.1, -0.05) is 41.4 Å². The van der Waals surface area contributed by atoms with Crippen molar-refractivity contribution in [2.75, 3.05) is 18.8 Å². The van der Waals surface area contributed by atoms with Crippen molar-refractivity contribution in [3.05, 3.63) is 58.4 Å². The summed E-state index contributed by atoms with van der Waals surface area (Å²) in [5.74, 6) is -2.52. The number of likely N-dealkylation sites (tertiary alicyclic amines) is 1. The van der Waals surface area contributed by atoms with Gasteiger partial charge in [-0.25, -0.2) is 12.8 Å². The van der Waals surface area contributed by atoms with Crippen LogP contribution in [0, 0.1) is 18.7 Å². The number of benzene rings is 2. The van der Waals surface area contributed by atoms with Crippen LogP contribution in [-0.4, -0.2) is 44.0 Å². The highest BCUT2D eigenvalue weighted by atomic mass is 35.5. The third kappa shape index (κ3) is 6.05. The van der Waals surface area contributed by atoms with Gasteiger partial charge in [0.25, 0.3) is 5.91 Å². The van der Waals surface area contributed by atoms with E-state index in [0.717, 1.165) is 11.1 Å². The molecule has 0 radical (unpaired) electrons. The maximum absolute atomic E-state index is 14.5. The number of aryl methyl sites for hydroxylation is 1. The molecular formula is C22H25ClFN3O4S. The summed E-state index contributed by atoms with van der Waals surface area (Å²) in [7, 11) is -3.90. The van der Waals surface area contributed by atoms with Crippen molar-refractivity contribution in [3.63, 3.8) is 0 Å². The second-order valence-electron chi connectivity index (χ2n) is 8.00. The van der Waals surface area contributed by atoms with Gasteiger partial charge in [-0.3, -0.25) is 15.0 Å². The first kappa shape index (κ1) is 24.2. The molecule has 7 nitrogen and oxygen atoms in total. The molecule has 1 unspecified atom stereocenters. The molecule has 1 heterocycles. The molecule has 1 aliphatic heterocycles. The van der Waals surface area contributed by atoms with Crippen LogP contribution < -0.4 is 10.3 Å². The standard InChI is InChI=1S/C22H25ClFN3O4S/c1-14-5-3-7-17(9-14)18-10-19(21(24)20(23)11-18)22(29)25-26-32(30,31)13-16-6-4-8-27(12-16)15(2)28/h3,5,7,9-11,16,26H,4,6,8,12-13H2,1-2H3,(H,25,29). The predicted octanol–water partition coefficient (Wildman–Crippen LogP) is 3.28. The van der Waals surface area contributed by atoms with E-state index in [0.29, 0.717) is 31.5 Å². The Balaban J connectivity index is 1.71. The maximum Gasteiger partial charge on any atom is 0.269 e. The van der Waals surface area contributed by atoms with Crippen molar-refractivity contribution in [3.8, 4) is 11.1 Å². The maximum atomic E-state index is 14.5. The van der Waals surface area contributed by atoms with E-state index < -0.39 is 21.7 Å². The van der Waals surface area contributed by atoms with Crippen molar-refractivity contribution in [1.82, 2.24) is 15.2 Å². The molecule has 2 amide bonds. The number of piperidine rings is 1. The van der Waals surface area contributed by atoms with Crippen LogP contribution in [0.15, 0.2) is 36.4 Å². The Bertz CT molecular complexity index is 1140. The highest BCUT2D eigenvalue weighted by Gasteiger charge is 2.27. The van der Waals surface area contributed by atoms with E-state index in [4.69, 9.17) is 11.6 Å². The largest absolute Gasteiger partial charge is 0.343 e. The Morgan fingerprint density at radius 1 is 1.22 bits per heavy atom. The van der Waals surface area contributed by atoms with Gasteiger partial charge in [-0.2, -0.15) is 0 Å². The molecule has 0 spiro atoms. The van der Waals surface area contributed by atoms with Gasteiger partial charge >= 0.3 is 0 Å². The smallest absolute Gasteiger partial charge is 0.269 e. The van der Waals surface area contributed by atoms with Gasteiger partial charge < -0.3 is 4.90 Å². The molecule has 1 saturated heterocycles. The zero-order valence-corrected chi connectivity index (χ0v) is 19.4. The first-order valence-electron chi connectivity index (χ1n) is 10.2. The lowest BCUT2D eigenvalue weighted by atomic mass is 10.0. The normalized spacial score (nSPS) is 16.6. The summed E-state index contributed by atoms with van der Waals surface area (Å²) in [6, 6.07) is 10.1. The lowest BCUT2D eigenvalue weighted by Crippen LogP contribution is -2.46. The van der Waals surface area contributed by atoms with E-state index in [9.17, 15) is 22.4 Å². The van der Waals surface area contributed by atoms with Gasteiger partial charge in [0.2, 0.25) is 15.9 Å². The third-order valence-corrected chi connectivity index (χ3v) is 6.96. The van der Waals surface area contributed by atoms with Crippen molar-refractivity contribution >= 4 is 33.4 Å². The van der Waals surface area contributed by atoms with E-state index >= 15 is 0 Å². The number of hydrogen-bond donors (Lipinski definition) is 2. The van der Waals surface area contributed by atoms with Gasteiger partial charge in [0.15, 0.2) is 5.82 Å². The number of carbonyl (C=O) groups is 2. The van der Waals surface area contributed by atoms with Crippen LogP contribution in [0.3, 0.4) is 0 Å². The fourth-order valence-electron chi connectivity index (χ4n) is 3.78. The number of carbonyl (C=O) groups excluding carboxylic acids is 2. The fraction of sp³-hybridized carbons (Fsp3) is 0.364. The molecule has 1 fully saturated rings. The average Bonchev–Trinajstić information content (AvgIpc) is 2.73. The topological polar surface area (TPSA) is 95.6 Å². The number of rotatable bonds is 6. The molecule has 1 atom stereocenters. The number of sulfonamides is 1. The SMILES string of the molecule is CC(=O)N1CCCC(CS(=O)(=O)NNC(=O)c2cc(-c3cccc(C)c3)cc(Cl)c2F)C1. The van der Waals surface area contributed by atoms with E-state index in [1.54, 1.807) is 11.0 Å². The lowest BCUT2D eigenvalue weighted by Gasteiger charge is -2.31. The van der Waals surface area contributed by atoms with Crippen molar-refractivity contribution in [2.24, 2.45) is 5.92 Å². The Hall–Kier alpha value is -2.49. The van der Waals surface area contributed by atoms with Crippen molar-refractivity contribution in [2.45, 2.75) is 26.7 Å². The molecular weight excluding hydrogens is 457 g/mol. The van der Waals surface area contributed by atoms with Crippen LogP contribution in [0.4, 0.5) is 4.39 Å². The van der Waals surface area contributed by atoms with Gasteiger partial charge in [0.05, 0.1) is 16.3 Å². The minimum absolute atomic E-state index is 0.103. The second-order valence-corrected chi connectivity index (χ2v) is 10.2. The summed E-state index contributed by atoms with van der Waals surface area (Å²) in [5, 5.41) is -0.247. The van der Waals surface area contributed by atoms with Crippen LogP contribution >= 0.6 is 11.6 Å². The molecule has 172 valence electrons. The predicted molar refractivity (Wildman–Crippen MR) is 121 cm³/mol. The number of hydrogen-bond acceptors (Lipinski definition) is 4. The molecule has 0 bridgehead atoms. The van der Waals surface area contributed by atoms with E-state index in [-0.39, 0.29) is 28.2 Å². The molecule has 0 saturated carbocycles. The van der Waals surface area contributed by atoms with Crippen LogP contribution in [0.25, 0.3) is 11.1 Å². The molecule has 2 aromatic rings. The van der Waals surface area contributed by atoms with Gasteiger partial charge in [-0.05, 0) is 48.9 Å². The Labute approximate surface area is 192 Å². The summed E-state index contributed by atoms with van der Waals surface area (Å²) < 4.78 is 39.4. The molecule has 3 rings (SSSR count). The molecule has 0 aromatic heterocycles. The molecule has 1 aliphatic rings. The summed E-state index contributed by atoms with van der Waals surface area (Å²) in [6.07, 6.45) is 1.36. The number of amides is 2. The van der Waals surface area contributed by atoms with E-state index in [1.807, 2.05) is 30.0 Å². The van der Waals surface area contributed by atoms with Crippen molar-refractivity contribution < 1.29 is 22.4 Å². The Morgan fingerprint density at radius 3 is 2.66 bits per heavy atom. The van der Waals surface area contributed by atoms with Crippen LogP contribution in [0.5, 0.6) is 0 Å². The summed E-state index contributed by atoms with van der Waals surface area (Å²) in [4.78, 5) is 27.7. The zero-order chi connectivity index (χ0) is 23.5. The summed E-state index contributed by atoms with van der Waals surface area (Å²) >= 11 is 5.99. The minimum Gasteiger partial charge on any atom is -0.343 e. The minimum atomic E-state index is -3.90. The van der Waals surface area contributed by atoms with Crippen LogP contribution in [0.2, 0.25) is 5.02 Å². The highest BCUT2D eigenvalue weighted by molar-refractivity contribution is 7.89. The number of halogens is 2. The van der Waals surface area contributed by atoms with Gasteiger partial charge in [0.1, 0.15) is 0 Å². The molecule has 32 heavy (non-hydrogen) atoms. The first-order valence-corrected chi connectivity index (χ1v) is 12.2. The van der Waals surface area contributed by atoms with E-state index in [2.05, 4.69) is 5.43 Å². The molecule has 2 N–H and O–H groups in total. The number of nitrogens with one attached hydrogen (secondary N) is 2. The monoisotopic (exact) mass is 481 g/mol. The van der Waals surface area contributed by atoms with Gasteiger partial charge in [-0.15, -0.1) is 4.83 Å². The molecule has 10 heteroatoms. The Morgan fingerprint density at radius 2 is 1.97 bits per heavy atom. The fourth-order valence-corrected chi connectivity index (χ4v) is 5.22. The first-order chi connectivity index (χ1) is 15.1. The van der Waals surface area contributed by atoms with Gasteiger partial charge in [0, 0.05) is 20.0 Å². The quantitative estimate of drug-likeness (QED) is 0.619. The van der Waals surface area contributed by atoms with Crippen LogP contribution in [-0.2, 0) is 14.8 Å². The Kier molecular flexibility index (Phi) is 7.53. The second kappa shape index (κ2) is 9.97.